The lowest BCUT2D eigenvalue weighted by molar-refractivity contribution is -0.131. The van der Waals surface area contributed by atoms with Gasteiger partial charge in [-0.1, -0.05) is 13.3 Å². The molecule has 8 nitrogen and oxygen atoms in total. The summed E-state index contributed by atoms with van der Waals surface area (Å²) in [5.74, 6) is -0.605. The van der Waals surface area contributed by atoms with Crippen molar-refractivity contribution in [3.63, 3.8) is 0 Å². The number of hydrogen-bond donors (Lipinski definition) is 1. The summed E-state index contributed by atoms with van der Waals surface area (Å²) in [4.78, 5) is 36.6. The third-order valence-corrected chi connectivity index (χ3v) is 3.34. The van der Waals surface area contributed by atoms with Gasteiger partial charge in [-0.2, -0.15) is 4.68 Å². The Bertz CT molecular complexity index is 591. The number of carbonyl (C=O) groups excluding carboxylic acids is 2. The number of urea groups is 1. The zero-order valence-electron chi connectivity index (χ0n) is 11.8. The van der Waals surface area contributed by atoms with Gasteiger partial charge >= 0.3 is 11.8 Å². The Morgan fingerprint density at radius 1 is 1.30 bits per heavy atom. The Morgan fingerprint density at radius 3 is 2.55 bits per heavy atom. The molecule has 20 heavy (non-hydrogen) atoms. The van der Waals surface area contributed by atoms with Crippen LogP contribution in [0.3, 0.4) is 0 Å². The summed E-state index contributed by atoms with van der Waals surface area (Å²) in [5.41, 5.74) is -0.851. The van der Waals surface area contributed by atoms with Crippen molar-refractivity contribution in [2.45, 2.75) is 45.7 Å². The van der Waals surface area contributed by atoms with Gasteiger partial charge in [0.05, 0.1) is 13.1 Å². The molecule has 1 fully saturated rings. The van der Waals surface area contributed by atoms with E-state index in [-0.39, 0.29) is 24.9 Å². The highest BCUT2D eigenvalue weighted by molar-refractivity contribution is 6.06. The van der Waals surface area contributed by atoms with Gasteiger partial charge in [-0.25, -0.2) is 9.59 Å². The van der Waals surface area contributed by atoms with Crippen LogP contribution in [0.5, 0.6) is 0 Å². The zero-order chi connectivity index (χ0) is 14.9. The van der Waals surface area contributed by atoms with E-state index in [1.165, 1.54) is 0 Å². The fraction of sp³-hybridized carbons (Fsp3) is 0.667. The number of hydrogen-bond acceptors (Lipinski definition) is 5. The average molecular weight is 282 g/mol. The van der Waals surface area contributed by atoms with E-state index in [0.717, 1.165) is 16.0 Å². The second-order valence-corrected chi connectivity index (χ2v) is 5.08. The smallest absolute Gasteiger partial charge is 0.393 e. The summed E-state index contributed by atoms with van der Waals surface area (Å²) in [6.45, 7) is 5.44. The van der Waals surface area contributed by atoms with Crippen LogP contribution in [0.4, 0.5) is 4.79 Å². The van der Waals surface area contributed by atoms with E-state index in [2.05, 4.69) is 10.4 Å². The molecule has 2 heterocycles. The molecule has 1 N–H and O–H groups in total. The maximum absolute atomic E-state index is 12.3. The molecule has 0 bridgehead atoms. The van der Waals surface area contributed by atoms with E-state index in [1.54, 1.807) is 13.8 Å². The van der Waals surface area contributed by atoms with Crippen LogP contribution in [0, 0.1) is 6.92 Å². The highest BCUT2D eigenvalue weighted by Gasteiger charge is 2.46. The van der Waals surface area contributed by atoms with Crippen LogP contribution in [-0.4, -0.2) is 38.7 Å². The Labute approximate surface area is 115 Å². The summed E-state index contributed by atoms with van der Waals surface area (Å²) in [7, 11) is 0. The van der Waals surface area contributed by atoms with Gasteiger partial charge < -0.3 is 9.73 Å². The van der Waals surface area contributed by atoms with Crippen LogP contribution in [0.2, 0.25) is 0 Å². The minimum absolute atomic E-state index is 0.0931. The standard InChI is InChI=1S/C12H18N4O4/c1-4-5-12(3)9(17)15(10(18)13-12)6-7-16-11(19)20-8(2)14-16/h4-7H2,1-3H3,(H,13,18). The Hall–Kier alpha value is -2.12. The van der Waals surface area contributed by atoms with Gasteiger partial charge in [0.15, 0.2) is 0 Å². The second kappa shape index (κ2) is 5.10. The van der Waals surface area contributed by atoms with Crippen molar-refractivity contribution in [3.8, 4) is 0 Å². The first-order valence-corrected chi connectivity index (χ1v) is 6.56. The van der Waals surface area contributed by atoms with Gasteiger partial charge in [-0.15, -0.1) is 5.10 Å². The van der Waals surface area contributed by atoms with Crippen LogP contribution in [0.15, 0.2) is 9.21 Å². The molecule has 0 radical (unpaired) electrons. The summed E-state index contributed by atoms with van der Waals surface area (Å²) in [5, 5.41) is 6.56. The van der Waals surface area contributed by atoms with Crippen LogP contribution >= 0.6 is 0 Å². The predicted octanol–water partition coefficient (Wildman–Crippen LogP) is 0.255. The molecule has 0 saturated carbocycles. The molecule has 0 aromatic carbocycles. The summed E-state index contributed by atoms with van der Waals surface area (Å²) in [6.07, 6.45) is 1.37. The predicted molar refractivity (Wildman–Crippen MR) is 69.1 cm³/mol. The Kier molecular flexibility index (Phi) is 3.65. The molecule has 1 aliphatic heterocycles. The average Bonchev–Trinajstić information content (AvgIpc) is 2.77. The van der Waals surface area contributed by atoms with Crippen molar-refractivity contribution in [2.24, 2.45) is 0 Å². The number of aromatic nitrogens is 2. The highest BCUT2D eigenvalue weighted by Crippen LogP contribution is 2.22. The largest absolute Gasteiger partial charge is 0.437 e. The first-order valence-electron chi connectivity index (χ1n) is 6.56. The van der Waals surface area contributed by atoms with Crippen LogP contribution in [-0.2, 0) is 11.3 Å². The number of carbonyl (C=O) groups is 2. The minimum atomic E-state index is -0.851. The van der Waals surface area contributed by atoms with Gasteiger partial charge in [-0.05, 0) is 13.3 Å². The van der Waals surface area contributed by atoms with E-state index in [1.807, 2.05) is 6.92 Å². The molecular weight excluding hydrogens is 264 g/mol. The van der Waals surface area contributed by atoms with E-state index in [0.29, 0.717) is 6.42 Å². The topological polar surface area (TPSA) is 97.4 Å². The molecule has 8 heteroatoms. The van der Waals surface area contributed by atoms with Crippen molar-refractivity contribution in [3.05, 3.63) is 16.4 Å². The number of nitrogens with one attached hydrogen (secondary N) is 1. The third kappa shape index (κ3) is 2.45. The lowest BCUT2D eigenvalue weighted by atomic mass is 9.96. The SMILES string of the molecule is CCCC1(C)NC(=O)N(CCn2nc(C)oc2=O)C1=O. The Morgan fingerprint density at radius 2 is 2.00 bits per heavy atom. The number of amides is 3. The maximum atomic E-state index is 12.3. The molecule has 1 aromatic heterocycles. The van der Waals surface area contributed by atoms with E-state index in [4.69, 9.17) is 4.42 Å². The van der Waals surface area contributed by atoms with Gasteiger partial charge in [0.25, 0.3) is 5.91 Å². The molecule has 0 spiro atoms. The molecule has 1 atom stereocenters. The Balaban J connectivity index is 2.07. The first-order chi connectivity index (χ1) is 9.37. The van der Waals surface area contributed by atoms with Crippen molar-refractivity contribution < 1.29 is 14.0 Å². The van der Waals surface area contributed by atoms with Crippen molar-refractivity contribution in [2.75, 3.05) is 6.54 Å². The highest BCUT2D eigenvalue weighted by atomic mass is 16.4. The maximum Gasteiger partial charge on any atom is 0.437 e. The summed E-state index contributed by atoms with van der Waals surface area (Å²) in [6, 6.07) is -0.431. The third-order valence-electron chi connectivity index (χ3n) is 3.34. The molecular formula is C12H18N4O4. The zero-order valence-corrected chi connectivity index (χ0v) is 11.8. The normalized spacial score (nSPS) is 22.4. The fourth-order valence-electron chi connectivity index (χ4n) is 2.37. The van der Waals surface area contributed by atoms with Crippen molar-refractivity contribution in [1.82, 2.24) is 20.0 Å². The van der Waals surface area contributed by atoms with Gasteiger partial charge in [0.2, 0.25) is 5.89 Å². The number of nitrogens with zero attached hydrogens (tertiary/aromatic N) is 3. The monoisotopic (exact) mass is 282 g/mol. The molecule has 1 aliphatic rings. The number of imide groups is 1. The van der Waals surface area contributed by atoms with Crippen LogP contribution < -0.4 is 11.1 Å². The molecule has 0 aliphatic carbocycles. The molecule has 1 saturated heterocycles. The quantitative estimate of drug-likeness (QED) is 0.781. The van der Waals surface area contributed by atoms with Crippen molar-refractivity contribution >= 4 is 11.9 Å². The molecule has 1 unspecified atom stereocenters. The van der Waals surface area contributed by atoms with E-state index >= 15 is 0 Å². The lowest BCUT2D eigenvalue weighted by Gasteiger charge is -2.20. The number of rotatable bonds is 5. The van der Waals surface area contributed by atoms with E-state index in [9.17, 15) is 14.4 Å². The second-order valence-electron chi connectivity index (χ2n) is 5.08. The molecule has 3 amide bonds. The molecule has 2 rings (SSSR count). The van der Waals surface area contributed by atoms with Gasteiger partial charge in [0.1, 0.15) is 5.54 Å². The molecule has 110 valence electrons. The van der Waals surface area contributed by atoms with Crippen LogP contribution in [0.1, 0.15) is 32.6 Å². The number of aryl methyl sites for hydroxylation is 1. The van der Waals surface area contributed by atoms with Gasteiger partial charge in [0, 0.05) is 6.92 Å². The summed E-state index contributed by atoms with van der Waals surface area (Å²) < 4.78 is 5.86. The van der Waals surface area contributed by atoms with Crippen molar-refractivity contribution in [1.29, 1.82) is 0 Å². The van der Waals surface area contributed by atoms with Crippen LogP contribution in [0.25, 0.3) is 0 Å². The first kappa shape index (κ1) is 14.3. The van der Waals surface area contributed by atoms with Gasteiger partial charge in [-0.3, -0.25) is 9.69 Å². The lowest BCUT2D eigenvalue weighted by Crippen LogP contribution is -2.44. The van der Waals surface area contributed by atoms with E-state index < -0.39 is 17.3 Å². The minimum Gasteiger partial charge on any atom is -0.393 e. The molecule has 1 aromatic rings. The fourth-order valence-corrected chi connectivity index (χ4v) is 2.37. The summed E-state index contributed by atoms with van der Waals surface area (Å²) >= 11 is 0.